The van der Waals surface area contributed by atoms with Gasteiger partial charge in [0.2, 0.25) is 0 Å². The molecule has 3 heteroatoms. The molecule has 3 nitrogen and oxygen atoms in total. The number of unbranched alkanes of at least 4 members (excludes halogenated alkanes) is 3. The van der Waals surface area contributed by atoms with E-state index in [0.29, 0.717) is 6.04 Å². The zero-order valence-electron chi connectivity index (χ0n) is 11.6. The van der Waals surface area contributed by atoms with E-state index in [1.54, 1.807) is 0 Å². The minimum Gasteiger partial charge on any atom is -0.310 e. The van der Waals surface area contributed by atoms with Crippen LogP contribution in [0.3, 0.4) is 0 Å². The summed E-state index contributed by atoms with van der Waals surface area (Å²) in [6.07, 6.45) is 10.7. The summed E-state index contributed by atoms with van der Waals surface area (Å²) in [5.74, 6) is 0. The van der Waals surface area contributed by atoms with Crippen molar-refractivity contribution in [3.05, 3.63) is 18.0 Å². The van der Waals surface area contributed by atoms with Gasteiger partial charge in [0.1, 0.15) is 0 Å². The van der Waals surface area contributed by atoms with Gasteiger partial charge < -0.3 is 5.32 Å². The fourth-order valence-corrected chi connectivity index (χ4v) is 2.14. The van der Waals surface area contributed by atoms with Crippen LogP contribution < -0.4 is 5.32 Å². The maximum Gasteiger partial charge on any atom is 0.0537 e. The van der Waals surface area contributed by atoms with Gasteiger partial charge in [-0.05, 0) is 19.9 Å². The summed E-state index contributed by atoms with van der Waals surface area (Å²) < 4.78 is 2.01. The molecule has 0 aromatic carbocycles. The van der Waals surface area contributed by atoms with Gasteiger partial charge in [0.15, 0.2) is 0 Å². The molecular weight excluding hydrogens is 210 g/mol. The summed E-state index contributed by atoms with van der Waals surface area (Å²) in [7, 11) is 0. The minimum atomic E-state index is 0.483. The number of hydrogen-bond acceptors (Lipinski definition) is 2. The van der Waals surface area contributed by atoms with Crippen molar-refractivity contribution in [2.45, 2.75) is 65.5 Å². The van der Waals surface area contributed by atoms with Gasteiger partial charge in [-0.1, -0.05) is 39.5 Å². The molecule has 1 N–H and O–H groups in total. The first kappa shape index (κ1) is 14.2. The highest BCUT2D eigenvalue weighted by Crippen LogP contribution is 2.19. The Morgan fingerprint density at radius 1 is 1.24 bits per heavy atom. The number of rotatable bonds is 9. The lowest BCUT2D eigenvalue weighted by molar-refractivity contribution is 0.481. The second kappa shape index (κ2) is 8.29. The molecule has 0 aliphatic rings. The topological polar surface area (TPSA) is 29.9 Å². The Balaban J connectivity index is 2.46. The maximum atomic E-state index is 4.36. The van der Waals surface area contributed by atoms with E-state index in [1.165, 1.54) is 37.7 Å². The highest BCUT2D eigenvalue weighted by Gasteiger charge is 2.11. The standard InChI is InChI=1S/C14H27N3/c1-4-7-8-9-10-14(15-5-2)13-11-16-17(6-3)12-13/h11-12,14-15H,4-10H2,1-3H3. The summed E-state index contributed by atoms with van der Waals surface area (Å²) in [6, 6.07) is 0.483. The van der Waals surface area contributed by atoms with E-state index in [1.807, 2.05) is 10.9 Å². The Kier molecular flexibility index (Phi) is 6.94. The van der Waals surface area contributed by atoms with Crippen molar-refractivity contribution < 1.29 is 0 Å². The number of aryl methyl sites for hydroxylation is 1. The van der Waals surface area contributed by atoms with E-state index in [4.69, 9.17) is 0 Å². The average Bonchev–Trinajstić information content (AvgIpc) is 2.82. The molecule has 1 aromatic heterocycles. The van der Waals surface area contributed by atoms with Crippen LogP contribution in [0.4, 0.5) is 0 Å². The van der Waals surface area contributed by atoms with Crippen LogP contribution in [0.5, 0.6) is 0 Å². The number of nitrogens with zero attached hydrogens (tertiary/aromatic N) is 2. The van der Waals surface area contributed by atoms with E-state index < -0.39 is 0 Å². The Bertz CT molecular complexity index is 293. The maximum absolute atomic E-state index is 4.36. The lowest BCUT2D eigenvalue weighted by atomic mass is 10.0. The van der Waals surface area contributed by atoms with Crippen LogP contribution in [-0.2, 0) is 6.54 Å². The minimum absolute atomic E-state index is 0.483. The Hall–Kier alpha value is -0.830. The van der Waals surface area contributed by atoms with Crippen LogP contribution in [0.2, 0.25) is 0 Å². The van der Waals surface area contributed by atoms with E-state index in [0.717, 1.165) is 13.1 Å². The highest BCUT2D eigenvalue weighted by molar-refractivity contribution is 5.10. The molecule has 1 unspecified atom stereocenters. The van der Waals surface area contributed by atoms with E-state index >= 15 is 0 Å². The first-order valence-electron chi connectivity index (χ1n) is 7.07. The van der Waals surface area contributed by atoms with Crippen LogP contribution in [0.1, 0.15) is 64.5 Å². The molecule has 98 valence electrons. The lowest BCUT2D eigenvalue weighted by Crippen LogP contribution is -2.20. The Morgan fingerprint density at radius 3 is 2.65 bits per heavy atom. The third kappa shape index (κ3) is 4.90. The largest absolute Gasteiger partial charge is 0.310 e. The summed E-state index contributed by atoms with van der Waals surface area (Å²) in [5.41, 5.74) is 1.34. The third-order valence-electron chi connectivity index (χ3n) is 3.18. The van der Waals surface area contributed by atoms with Gasteiger partial charge in [-0.15, -0.1) is 0 Å². The Morgan fingerprint density at radius 2 is 2.06 bits per heavy atom. The van der Waals surface area contributed by atoms with Crippen LogP contribution in [0.25, 0.3) is 0 Å². The van der Waals surface area contributed by atoms with Gasteiger partial charge in [0.25, 0.3) is 0 Å². The molecule has 0 saturated carbocycles. The number of aromatic nitrogens is 2. The van der Waals surface area contributed by atoms with Gasteiger partial charge in [-0.25, -0.2) is 0 Å². The van der Waals surface area contributed by atoms with Crippen LogP contribution >= 0.6 is 0 Å². The Labute approximate surface area is 106 Å². The quantitative estimate of drug-likeness (QED) is 0.666. The summed E-state index contributed by atoms with van der Waals surface area (Å²) in [5, 5.41) is 7.92. The van der Waals surface area contributed by atoms with Crippen molar-refractivity contribution in [2.75, 3.05) is 6.54 Å². The van der Waals surface area contributed by atoms with Crippen LogP contribution in [0.15, 0.2) is 12.4 Å². The summed E-state index contributed by atoms with van der Waals surface area (Å²) in [4.78, 5) is 0. The molecule has 0 aliphatic heterocycles. The number of hydrogen-bond donors (Lipinski definition) is 1. The summed E-state index contributed by atoms with van der Waals surface area (Å²) in [6.45, 7) is 8.53. The fraction of sp³-hybridized carbons (Fsp3) is 0.786. The number of nitrogens with one attached hydrogen (secondary N) is 1. The van der Waals surface area contributed by atoms with Crippen molar-refractivity contribution in [2.24, 2.45) is 0 Å². The van der Waals surface area contributed by atoms with Crippen molar-refractivity contribution in [1.29, 1.82) is 0 Å². The third-order valence-corrected chi connectivity index (χ3v) is 3.18. The normalized spacial score (nSPS) is 12.9. The van der Waals surface area contributed by atoms with Gasteiger partial charge >= 0.3 is 0 Å². The molecule has 0 spiro atoms. The van der Waals surface area contributed by atoms with Crippen LogP contribution in [0, 0.1) is 0 Å². The smallest absolute Gasteiger partial charge is 0.0537 e. The molecule has 0 radical (unpaired) electrons. The molecule has 1 aromatic rings. The second-order valence-corrected chi connectivity index (χ2v) is 4.59. The van der Waals surface area contributed by atoms with E-state index in [-0.39, 0.29) is 0 Å². The molecular formula is C14H27N3. The molecule has 1 atom stereocenters. The molecule has 0 amide bonds. The van der Waals surface area contributed by atoms with Crippen LogP contribution in [-0.4, -0.2) is 16.3 Å². The van der Waals surface area contributed by atoms with Gasteiger partial charge in [-0.2, -0.15) is 5.10 Å². The molecule has 0 saturated heterocycles. The first-order chi connectivity index (χ1) is 8.31. The van der Waals surface area contributed by atoms with Gasteiger partial charge in [-0.3, -0.25) is 4.68 Å². The van der Waals surface area contributed by atoms with Gasteiger partial charge in [0, 0.05) is 24.3 Å². The van der Waals surface area contributed by atoms with Crippen molar-refractivity contribution in [3.8, 4) is 0 Å². The molecule has 0 aliphatic carbocycles. The molecule has 1 heterocycles. The van der Waals surface area contributed by atoms with E-state index in [9.17, 15) is 0 Å². The molecule has 0 fully saturated rings. The monoisotopic (exact) mass is 237 g/mol. The fourth-order valence-electron chi connectivity index (χ4n) is 2.14. The average molecular weight is 237 g/mol. The predicted molar refractivity (Wildman–Crippen MR) is 73.1 cm³/mol. The second-order valence-electron chi connectivity index (χ2n) is 4.59. The molecule has 17 heavy (non-hydrogen) atoms. The molecule has 0 bridgehead atoms. The van der Waals surface area contributed by atoms with Gasteiger partial charge in [0.05, 0.1) is 6.20 Å². The van der Waals surface area contributed by atoms with E-state index in [2.05, 4.69) is 37.4 Å². The predicted octanol–water partition coefficient (Wildman–Crippen LogP) is 3.52. The summed E-state index contributed by atoms with van der Waals surface area (Å²) >= 11 is 0. The molecule has 1 rings (SSSR count). The van der Waals surface area contributed by atoms with Crippen molar-refractivity contribution in [1.82, 2.24) is 15.1 Å². The van der Waals surface area contributed by atoms with Crippen molar-refractivity contribution in [3.63, 3.8) is 0 Å². The SMILES string of the molecule is CCCCCCC(NCC)c1cnn(CC)c1. The highest BCUT2D eigenvalue weighted by atomic mass is 15.3. The lowest BCUT2D eigenvalue weighted by Gasteiger charge is -2.16. The van der Waals surface area contributed by atoms with Crippen molar-refractivity contribution >= 4 is 0 Å². The zero-order chi connectivity index (χ0) is 12.5. The first-order valence-corrected chi connectivity index (χ1v) is 7.07. The zero-order valence-corrected chi connectivity index (χ0v) is 11.6.